The molecule has 0 N–H and O–H groups in total. The van der Waals surface area contributed by atoms with Crippen LogP contribution in [0.3, 0.4) is 0 Å². The van der Waals surface area contributed by atoms with Crippen LogP contribution in [0.2, 0.25) is 0 Å². The van der Waals surface area contributed by atoms with Gasteiger partial charge in [-0.25, -0.2) is 13.6 Å². The van der Waals surface area contributed by atoms with Gasteiger partial charge in [0.1, 0.15) is 5.75 Å². The molecule has 0 amide bonds. The summed E-state index contributed by atoms with van der Waals surface area (Å²) in [7, 11) is 1.37. The first-order chi connectivity index (χ1) is 11.7. The van der Waals surface area contributed by atoms with E-state index in [0.29, 0.717) is 13.3 Å². The number of ether oxygens (including phenoxy) is 4. The lowest BCUT2D eigenvalue weighted by Crippen LogP contribution is -2.24. The minimum absolute atomic E-state index is 0.186. The zero-order valence-corrected chi connectivity index (χ0v) is 14.6. The van der Waals surface area contributed by atoms with E-state index in [1.807, 2.05) is 6.92 Å². The summed E-state index contributed by atoms with van der Waals surface area (Å²) in [4.78, 5) is 23.2. The van der Waals surface area contributed by atoms with Crippen LogP contribution in [0, 0.1) is 5.92 Å². The van der Waals surface area contributed by atoms with Crippen molar-refractivity contribution in [2.24, 2.45) is 5.92 Å². The zero-order valence-electron chi connectivity index (χ0n) is 14.6. The zero-order chi connectivity index (χ0) is 19.0. The molecule has 0 saturated heterocycles. The summed E-state index contributed by atoms with van der Waals surface area (Å²) in [5, 5.41) is 0. The minimum Gasteiger partial charge on any atom is -0.493 e. The molecule has 0 spiro atoms. The van der Waals surface area contributed by atoms with Gasteiger partial charge in [0.15, 0.2) is 24.7 Å². The molecule has 1 unspecified atom stereocenters. The van der Waals surface area contributed by atoms with E-state index in [2.05, 4.69) is 4.74 Å². The van der Waals surface area contributed by atoms with Crippen molar-refractivity contribution >= 4 is 11.9 Å². The van der Waals surface area contributed by atoms with Crippen LogP contribution >= 0.6 is 0 Å². The van der Waals surface area contributed by atoms with Gasteiger partial charge in [0.2, 0.25) is 0 Å². The van der Waals surface area contributed by atoms with Crippen molar-refractivity contribution in [1.82, 2.24) is 0 Å². The molecule has 0 heterocycles. The summed E-state index contributed by atoms with van der Waals surface area (Å²) >= 11 is 0. The van der Waals surface area contributed by atoms with Crippen molar-refractivity contribution in [1.29, 1.82) is 0 Å². The first-order valence-corrected chi connectivity index (χ1v) is 7.72. The average Bonchev–Trinajstić information content (AvgIpc) is 2.57. The quantitative estimate of drug-likeness (QED) is 0.497. The van der Waals surface area contributed by atoms with Crippen molar-refractivity contribution in [3.63, 3.8) is 0 Å². The van der Waals surface area contributed by atoms with Gasteiger partial charge in [-0.1, -0.05) is 13.8 Å². The highest BCUT2D eigenvalue weighted by Crippen LogP contribution is 2.31. The smallest absolute Gasteiger partial charge is 0.344 e. The van der Waals surface area contributed by atoms with Gasteiger partial charge in [0.05, 0.1) is 13.0 Å². The number of benzene rings is 1. The third-order valence-corrected chi connectivity index (χ3v) is 3.20. The second kappa shape index (κ2) is 9.19. The minimum atomic E-state index is -3.10. The highest BCUT2D eigenvalue weighted by molar-refractivity contribution is 5.75. The highest BCUT2D eigenvalue weighted by atomic mass is 19.3. The van der Waals surface area contributed by atoms with Crippen LogP contribution in [-0.4, -0.2) is 38.2 Å². The molecule has 1 aromatic carbocycles. The Kier molecular flexibility index (Phi) is 7.60. The number of methoxy groups -OCH3 is 1. The van der Waals surface area contributed by atoms with Crippen LogP contribution < -0.4 is 14.2 Å². The van der Waals surface area contributed by atoms with Crippen molar-refractivity contribution in [2.75, 3.05) is 20.3 Å². The molecule has 0 bridgehead atoms. The molecule has 1 aromatic rings. The second-order valence-electron chi connectivity index (χ2n) is 5.56. The van der Waals surface area contributed by atoms with Gasteiger partial charge in [-0.05, 0) is 18.6 Å². The molecular weight excluding hydrogens is 338 g/mol. The van der Waals surface area contributed by atoms with Crippen LogP contribution in [0.1, 0.15) is 27.2 Å². The van der Waals surface area contributed by atoms with E-state index in [1.54, 1.807) is 6.92 Å². The van der Waals surface area contributed by atoms with Gasteiger partial charge in [0, 0.05) is 13.0 Å². The Morgan fingerprint density at radius 3 is 2.48 bits per heavy atom. The maximum absolute atomic E-state index is 12.6. The monoisotopic (exact) mass is 360 g/mol. The first-order valence-electron chi connectivity index (χ1n) is 7.72. The molecule has 0 aliphatic heterocycles. The van der Waals surface area contributed by atoms with E-state index in [9.17, 15) is 18.4 Å². The van der Waals surface area contributed by atoms with Crippen LogP contribution in [0.25, 0.3) is 0 Å². The summed E-state index contributed by atoms with van der Waals surface area (Å²) in [5.41, 5.74) is 0. The lowest BCUT2D eigenvalue weighted by molar-refractivity contribution is -0.155. The van der Waals surface area contributed by atoms with Crippen molar-refractivity contribution in [2.45, 2.75) is 33.1 Å². The maximum Gasteiger partial charge on any atom is 0.344 e. The summed E-state index contributed by atoms with van der Waals surface area (Å²) in [6.07, 6.45) is 0.649. The van der Waals surface area contributed by atoms with Crippen LogP contribution in [0.15, 0.2) is 18.2 Å². The number of esters is 2. The van der Waals surface area contributed by atoms with Gasteiger partial charge in [-0.2, -0.15) is 0 Å². The van der Waals surface area contributed by atoms with E-state index in [0.717, 1.165) is 0 Å². The molecule has 0 saturated carbocycles. The van der Waals surface area contributed by atoms with E-state index in [1.165, 1.54) is 25.3 Å². The molecule has 25 heavy (non-hydrogen) atoms. The Hall–Kier alpha value is -2.38. The summed E-state index contributed by atoms with van der Waals surface area (Å²) < 4.78 is 45.2. The summed E-state index contributed by atoms with van der Waals surface area (Å²) in [6.45, 7) is 2.69. The lowest BCUT2D eigenvalue weighted by atomic mass is 10.1. The van der Waals surface area contributed by atoms with Crippen LogP contribution in [0.5, 0.6) is 17.2 Å². The molecule has 140 valence electrons. The predicted molar refractivity (Wildman–Crippen MR) is 85.2 cm³/mol. The van der Waals surface area contributed by atoms with E-state index >= 15 is 0 Å². The van der Waals surface area contributed by atoms with Gasteiger partial charge < -0.3 is 18.9 Å². The molecule has 0 aliphatic carbocycles. The number of carbonyl (C=O) groups excluding carboxylic acids is 2. The number of halogens is 2. The van der Waals surface area contributed by atoms with Crippen LogP contribution in [-0.2, 0) is 14.3 Å². The third-order valence-electron chi connectivity index (χ3n) is 3.20. The number of rotatable bonds is 9. The standard InChI is InChI=1S/C17H22F2O6/c1-5-11(2)16(21)25-12-6-7-13(14(8-12)22-4)23-9-15(20)24-10-17(3,18)19/h6-8,11H,5,9-10H2,1-4H3. The van der Waals surface area contributed by atoms with E-state index in [-0.39, 0.29) is 29.1 Å². The van der Waals surface area contributed by atoms with Crippen molar-refractivity contribution in [3.8, 4) is 17.2 Å². The summed E-state index contributed by atoms with van der Waals surface area (Å²) in [6, 6.07) is 4.35. The lowest BCUT2D eigenvalue weighted by Gasteiger charge is -2.14. The predicted octanol–water partition coefficient (Wildman–Crippen LogP) is 3.22. The maximum atomic E-state index is 12.6. The summed E-state index contributed by atoms with van der Waals surface area (Å²) in [5.74, 6) is -3.97. The largest absolute Gasteiger partial charge is 0.493 e. The van der Waals surface area contributed by atoms with Gasteiger partial charge in [0.25, 0.3) is 5.92 Å². The number of hydrogen-bond acceptors (Lipinski definition) is 6. The first kappa shape index (κ1) is 20.7. The Labute approximate surface area is 145 Å². The van der Waals surface area contributed by atoms with Gasteiger partial charge >= 0.3 is 11.9 Å². The van der Waals surface area contributed by atoms with Crippen molar-refractivity contribution in [3.05, 3.63) is 18.2 Å². The fraction of sp³-hybridized carbons (Fsp3) is 0.529. The normalized spacial score (nSPS) is 12.2. The molecule has 0 aromatic heterocycles. The molecule has 0 radical (unpaired) electrons. The molecule has 0 aliphatic rings. The number of alkyl halides is 2. The topological polar surface area (TPSA) is 71.1 Å². The van der Waals surface area contributed by atoms with E-state index in [4.69, 9.17) is 14.2 Å². The van der Waals surface area contributed by atoms with E-state index < -0.39 is 25.1 Å². The SMILES string of the molecule is CCC(C)C(=O)Oc1ccc(OCC(=O)OCC(C)(F)F)c(OC)c1. The fourth-order valence-electron chi connectivity index (χ4n) is 1.60. The molecule has 6 nitrogen and oxygen atoms in total. The molecule has 1 rings (SSSR count). The van der Waals surface area contributed by atoms with Crippen molar-refractivity contribution < 1.29 is 37.3 Å². The average molecular weight is 360 g/mol. The molecule has 0 fully saturated rings. The Bertz CT molecular complexity index is 597. The number of hydrogen-bond donors (Lipinski definition) is 0. The molecule has 1 atom stereocenters. The second-order valence-corrected chi connectivity index (χ2v) is 5.56. The Morgan fingerprint density at radius 1 is 1.24 bits per heavy atom. The highest BCUT2D eigenvalue weighted by Gasteiger charge is 2.23. The number of carbonyl (C=O) groups is 2. The fourth-order valence-corrected chi connectivity index (χ4v) is 1.60. The van der Waals surface area contributed by atoms with Gasteiger partial charge in [-0.3, -0.25) is 4.79 Å². The molecular formula is C17H22F2O6. The Balaban J connectivity index is 2.66. The van der Waals surface area contributed by atoms with Gasteiger partial charge in [-0.15, -0.1) is 0 Å². The Morgan fingerprint density at radius 2 is 1.92 bits per heavy atom. The molecule has 8 heteroatoms. The third kappa shape index (κ3) is 7.36. The van der Waals surface area contributed by atoms with Crippen LogP contribution in [0.4, 0.5) is 8.78 Å².